The van der Waals surface area contributed by atoms with Gasteiger partial charge in [0, 0.05) is 32.7 Å². The third-order valence-electron chi connectivity index (χ3n) is 5.17. The number of aromatic nitrogens is 2. The Labute approximate surface area is 152 Å². The van der Waals surface area contributed by atoms with Gasteiger partial charge in [-0.3, -0.25) is 0 Å². The summed E-state index contributed by atoms with van der Waals surface area (Å²) in [6, 6.07) is 5.18. The van der Waals surface area contributed by atoms with Crippen LogP contribution in [0.3, 0.4) is 0 Å². The SMILES string of the molecule is O=S(=O)(c1cccc2nsnc12)N1CCN(CC2CCNCC2)CC1. The van der Waals surface area contributed by atoms with E-state index < -0.39 is 10.0 Å². The van der Waals surface area contributed by atoms with Crippen molar-refractivity contribution < 1.29 is 8.42 Å². The third-order valence-corrected chi connectivity index (χ3v) is 7.65. The number of nitrogens with one attached hydrogen (secondary N) is 1. The molecule has 9 heteroatoms. The summed E-state index contributed by atoms with van der Waals surface area (Å²) in [5, 5.41) is 3.39. The predicted octanol–water partition coefficient (Wildman–Crippen LogP) is 0.997. The molecule has 0 radical (unpaired) electrons. The first-order valence-corrected chi connectivity index (χ1v) is 11.0. The van der Waals surface area contributed by atoms with Gasteiger partial charge in [-0.25, -0.2) is 8.42 Å². The Balaban J connectivity index is 1.43. The summed E-state index contributed by atoms with van der Waals surface area (Å²) in [5.41, 5.74) is 1.14. The molecule has 0 aliphatic carbocycles. The Bertz CT molecular complexity index is 824. The molecule has 2 fully saturated rings. The van der Waals surface area contributed by atoms with Gasteiger partial charge in [0.15, 0.2) is 0 Å². The van der Waals surface area contributed by atoms with Crippen molar-refractivity contribution in [1.29, 1.82) is 0 Å². The van der Waals surface area contributed by atoms with Gasteiger partial charge in [0.05, 0.1) is 11.7 Å². The summed E-state index contributed by atoms with van der Waals surface area (Å²) in [6.45, 7) is 5.97. The Kier molecular flexibility index (Phi) is 5.01. The molecule has 136 valence electrons. The lowest BCUT2D eigenvalue weighted by Crippen LogP contribution is -2.50. The molecule has 7 nitrogen and oxygen atoms in total. The minimum Gasteiger partial charge on any atom is -0.317 e. The van der Waals surface area contributed by atoms with Crippen LogP contribution in [0.25, 0.3) is 11.0 Å². The average molecular weight is 382 g/mol. The maximum absolute atomic E-state index is 13.0. The number of piperidine rings is 1. The number of piperazine rings is 1. The van der Waals surface area contributed by atoms with E-state index in [1.54, 1.807) is 22.5 Å². The van der Waals surface area contributed by atoms with Crippen molar-refractivity contribution >= 4 is 32.8 Å². The first-order chi connectivity index (χ1) is 12.1. The lowest BCUT2D eigenvalue weighted by Gasteiger charge is -2.36. The van der Waals surface area contributed by atoms with Crippen LogP contribution in [0.2, 0.25) is 0 Å². The van der Waals surface area contributed by atoms with Gasteiger partial charge in [-0.05, 0) is 44.0 Å². The molecule has 2 aliphatic heterocycles. The van der Waals surface area contributed by atoms with E-state index in [4.69, 9.17) is 0 Å². The first-order valence-electron chi connectivity index (χ1n) is 8.79. The molecular weight excluding hydrogens is 358 g/mol. The Morgan fingerprint density at radius 2 is 1.88 bits per heavy atom. The summed E-state index contributed by atoms with van der Waals surface area (Å²) in [7, 11) is -3.51. The molecule has 25 heavy (non-hydrogen) atoms. The molecular formula is C16H23N5O2S2. The van der Waals surface area contributed by atoms with Crippen LogP contribution in [0.4, 0.5) is 0 Å². The van der Waals surface area contributed by atoms with Crippen LogP contribution in [0.5, 0.6) is 0 Å². The highest BCUT2D eigenvalue weighted by Crippen LogP contribution is 2.25. The maximum atomic E-state index is 13.0. The second-order valence-electron chi connectivity index (χ2n) is 6.79. The minimum absolute atomic E-state index is 0.283. The molecule has 1 N–H and O–H groups in total. The molecule has 0 unspecified atom stereocenters. The lowest BCUT2D eigenvalue weighted by molar-refractivity contribution is 0.152. The number of benzene rings is 1. The van der Waals surface area contributed by atoms with Crippen molar-refractivity contribution in [3.8, 4) is 0 Å². The quantitative estimate of drug-likeness (QED) is 0.851. The first kappa shape index (κ1) is 17.3. The summed E-state index contributed by atoms with van der Waals surface area (Å²) in [4.78, 5) is 2.69. The highest BCUT2D eigenvalue weighted by Gasteiger charge is 2.31. The van der Waals surface area contributed by atoms with E-state index in [-0.39, 0.29) is 4.90 Å². The summed E-state index contributed by atoms with van der Waals surface area (Å²) < 4.78 is 36.0. The topological polar surface area (TPSA) is 78.4 Å². The fraction of sp³-hybridized carbons (Fsp3) is 0.625. The van der Waals surface area contributed by atoms with Crippen molar-refractivity contribution in [2.24, 2.45) is 5.92 Å². The van der Waals surface area contributed by atoms with E-state index in [1.165, 1.54) is 12.8 Å². The van der Waals surface area contributed by atoms with Gasteiger partial charge in [-0.2, -0.15) is 13.1 Å². The van der Waals surface area contributed by atoms with E-state index in [0.717, 1.165) is 50.4 Å². The van der Waals surface area contributed by atoms with Crippen molar-refractivity contribution in [1.82, 2.24) is 23.3 Å². The van der Waals surface area contributed by atoms with Crippen LogP contribution >= 0.6 is 11.7 Å². The van der Waals surface area contributed by atoms with Gasteiger partial charge in [-0.15, -0.1) is 0 Å². The normalized spacial score (nSPS) is 21.8. The van der Waals surface area contributed by atoms with Gasteiger partial charge in [0.2, 0.25) is 10.0 Å². The molecule has 4 rings (SSSR count). The fourth-order valence-electron chi connectivity index (χ4n) is 3.71. The van der Waals surface area contributed by atoms with Crippen LogP contribution in [0.1, 0.15) is 12.8 Å². The number of hydrogen-bond acceptors (Lipinski definition) is 7. The van der Waals surface area contributed by atoms with E-state index >= 15 is 0 Å². The Morgan fingerprint density at radius 3 is 2.64 bits per heavy atom. The molecule has 0 amide bonds. The van der Waals surface area contributed by atoms with Crippen LogP contribution in [-0.4, -0.2) is 72.2 Å². The Morgan fingerprint density at radius 1 is 1.12 bits per heavy atom. The van der Waals surface area contributed by atoms with E-state index in [0.29, 0.717) is 24.1 Å². The monoisotopic (exact) mass is 381 g/mol. The van der Waals surface area contributed by atoms with E-state index in [9.17, 15) is 8.42 Å². The van der Waals surface area contributed by atoms with Crippen molar-refractivity contribution in [3.05, 3.63) is 18.2 Å². The van der Waals surface area contributed by atoms with Gasteiger partial charge in [0.1, 0.15) is 15.9 Å². The second kappa shape index (κ2) is 7.24. The molecule has 2 aromatic rings. The molecule has 0 spiro atoms. The average Bonchev–Trinajstić information content (AvgIpc) is 3.11. The smallest absolute Gasteiger partial charge is 0.245 e. The van der Waals surface area contributed by atoms with Gasteiger partial charge < -0.3 is 10.2 Å². The molecule has 0 saturated carbocycles. The minimum atomic E-state index is -3.51. The number of nitrogens with zero attached hydrogens (tertiary/aromatic N) is 4. The molecule has 0 atom stereocenters. The molecule has 2 saturated heterocycles. The highest BCUT2D eigenvalue weighted by atomic mass is 32.2. The van der Waals surface area contributed by atoms with Crippen molar-refractivity contribution in [2.75, 3.05) is 45.8 Å². The lowest BCUT2D eigenvalue weighted by atomic mass is 9.97. The van der Waals surface area contributed by atoms with Gasteiger partial charge in [-0.1, -0.05) is 6.07 Å². The highest BCUT2D eigenvalue weighted by molar-refractivity contribution is 7.89. The van der Waals surface area contributed by atoms with E-state index in [2.05, 4.69) is 19.0 Å². The van der Waals surface area contributed by atoms with Gasteiger partial charge in [0.25, 0.3) is 0 Å². The molecule has 1 aromatic carbocycles. The zero-order chi connectivity index (χ0) is 17.3. The molecule has 1 aromatic heterocycles. The molecule has 3 heterocycles. The van der Waals surface area contributed by atoms with Crippen LogP contribution in [0.15, 0.2) is 23.1 Å². The van der Waals surface area contributed by atoms with Crippen molar-refractivity contribution in [2.45, 2.75) is 17.7 Å². The number of hydrogen-bond donors (Lipinski definition) is 1. The Hall–Kier alpha value is -1.13. The zero-order valence-electron chi connectivity index (χ0n) is 14.1. The van der Waals surface area contributed by atoms with Crippen LogP contribution < -0.4 is 5.32 Å². The van der Waals surface area contributed by atoms with Crippen LogP contribution in [0, 0.1) is 5.92 Å². The molecule has 0 bridgehead atoms. The van der Waals surface area contributed by atoms with Crippen molar-refractivity contribution in [3.63, 3.8) is 0 Å². The summed E-state index contributed by atoms with van der Waals surface area (Å²) in [5.74, 6) is 0.735. The maximum Gasteiger partial charge on any atom is 0.245 e. The number of rotatable bonds is 4. The van der Waals surface area contributed by atoms with E-state index in [1.807, 2.05) is 0 Å². The number of sulfonamides is 1. The summed E-state index contributed by atoms with van der Waals surface area (Å²) in [6.07, 6.45) is 2.44. The third kappa shape index (κ3) is 3.56. The second-order valence-corrected chi connectivity index (χ2v) is 9.22. The fourth-order valence-corrected chi connectivity index (χ4v) is 5.89. The molecule has 2 aliphatic rings. The van der Waals surface area contributed by atoms with Gasteiger partial charge >= 0.3 is 0 Å². The van der Waals surface area contributed by atoms with Crippen LogP contribution in [-0.2, 0) is 10.0 Å². The standard InChI is InChI=1S/C16H23N5O2S2/c22-25(23,15-3-1-2-14-16(15)19-24-18-14)21-10-8-20(9-11-21)12-13-4-6-17-7-5-13/h1-3,13,17H,4-12H2. The number of fused-ring (bicyclic) bond motifs is 1. The predicted molar refractivity (Wildman–Crippen MR) is 98.2 cm³/mol. The largest absolute Gasteiger partial charge is 0.317 e. The zero-order valence-corrected chi connectivity index (χ0v) is 15.7. The summed E-state index contributed by atoms with van der Waals surface area (Å²) >= 11 is 1.05.